The first-order valence-electron chi connectivity index (χ1n) is 4.59. The van der Waals surface area contributed by atoms with Gasteiger partial charge in [-0.2, -0.15) is 0 Å². The Morgan fingerprint density at radius 3 is 2.86 bits per heavy atom. The molecule has 1 unspecified atom stereocenters. The van der Waals surface area contributed by atoms with Crippen molar-refractivity contribution in [1.29, 1.82) is 0 Å². The van der Waals surface area contributed by atoms with Gasteiger partial charge in [-0.1, -0.05) is 6.92 Å². The maximum Gasteiger partial charge on any atom is 0.182 e. The first-order chi connectivity index (χ1) is 6.57. The van der Waals surface area contributed by atoms with Crippen molar-refractivity contribution in [1.82, 2.24) is 4.98 Å². The van der Waals surface area contributed by atoms with Crippen molar-refractivity contribution in [3.63, 3.8) is 0 Å². The quantitative estimate of drug-likeness (QED) is 0.683. The Kier molecular flexibility index (Phi) is 3.86. The molecule has 3 N–H and O–H groups in total. The van der Waals surface area contributed by atoms with Crippen LogP contribution in [0, 0.1) is 0 Å². The average Bonchev–Trinajstić information content (AvgIpc) is 2.63. The van der Waals surface area contributed by atoms with Crippen LogP contribution in [0.25, 0.3) is 0 Å². The van der Waals surface area contributed by atoms with Crippen LogP contribution in [0.5, 0.6) is 0 Å². The van der Waals surface area contributed by atoms with Crippen LogP contribution in [0.3, 0.4) is 0 Å². The van der Waals surface area contributed by atoms with E-state index in [1.165, 1.54) is 11.3 Å². The van der Waals surface area contributed by atoms with Crippen LogP contribution in [-0.4, -0.2) is 33.9 Å². The summed E-state index contributed by atoms with van der Waals surface area (Å²) in [5.74, 6) is 0. The van der Waals surface area contributed by atoms with Crippen molar-refractivity contribution in [2.24, 2.45) is 0 Å². The summed E-state index contributed by atoms with van der Waals surface area (Å²) in [6.45, 7) is 3.67. The van der Waals surface area contributed by atoms with E-state index in [0.29, 0.717) is 6.54 Å². The Hall–Kier alpha value is -0.650. The number of nitrogens with zero attached hydrogens (tertiary/aromatic N) is 1. The van der Waals surface area contributed by atoms with E-state index in [4.69, 9.17) is 5.11 Å². The number of hydrogen-bond acceptors (Lipinski definition) is 5. The molecule has 0 radical (unpaired) electrons. The van der Waals surface area contributed by atoms with Gasteiger partial charge in [-0.15, -0.1) is 11.3 Å². The smallest absolute Gasteiger partial charge is 0.182 e. The predicted molar refractivity (Wildman–Crippen MR) is 57.7 cm³/mol. The summed E-state index contributed by atoms with van der Waals surface area (Å²) in [6.07, 6.45) is 0.911. The molecule has 1 aromatic heterocycles. The highest BCUT2D eigenvalue weighted by Gasteiger charge is 2.18. The van der Waals surface area contributed by atoms with Crippen LogP contribution in [0.4, 0.5) is 5.13 Å². The fourth-order valence-corrected chi connectivity index (χ4v) is 1.66. The van der Waals surface area contributed by atoms with Gasteiger partial charge in [-0.3, -0.25) is 0 Å². The number of aryl methyl sites for hydroxylation is 1. The summed E-state index contributed by atoms with van der Waals surface area (Å²) in [5, 5.41) is 24.1. The third kappa shape index (κ3) is 3.25. The van der Waals surface area contributed by atoms with E-state index in [1.54, 1.807) is 6.92 Å². The zero-order chi connectivity index (χ0) is 10.6. The summed E-state index contributed by atoms with van der Waals surface area (Å²) in [5.41, 5.74) is -0.0425. The number of aliphatic hydroxyl groups is 2. The Labute approximate surface area is 87.6 Å². The SMILES string of the molecule is CCc1csc(NCC(C)(O)CO)n1. The summed E-state index contributed by atoms with van der Waals surface area (Å²) in [6, 6.07) is 0. The van der Waals surface area contributed by atoms with Crippen molar-refractivity contribution < 1.29 is 10.2 Å². The molecule has 0 saturated heterocycles. The van der Waals surface area contributed by atoms with Crippen molar-refractivity contribution in [3.05, 3.63) is 11.1 Å². The van der Waals surface area contributed by atoms with Crippen molar-refractivity contribution in [2.75, 3.05) is 18.5 Å². The Bertz CT molecular complexity index is 286. The second-order valence-electron chi connectivity index (χ2n) is 3.51. The fraction of sp³-hybridized carbons (Fsp3) is 0.667. The molecule has 4 nitrogen and oxygen atoms in total. The van der Waals surface area contributed by atoms with E-state index in [-0.39, 0.29) is 6.61 Å². The fourth-order valence-electron chi connectivity index (χ4n) is 0.872. The Morgan fingerprint density at radius 1 is 1.64 bits per heavy atom. The number of hydrogen-bond donors (Lipinski definition) is 3. The van der Waals surface area contributed by atoms with Crippen LogP contribution >= 0.6 is 11.3 Å². The number of nitrogens with one attached hydrogen (secondary N) is 1. The van der Waals surface area contributed by atoms with Gasteiger partial charge in [0.05, 0.1) is 12.3 Å². The van der Waals surface area contributed by atoms with Crippen LogP contribution in [0.1, 0.15) is 19.5 Å². The van der Waals surface area contributed by atoms with Crippen molar-refractivity contribution in [2.45, 2.75) is 25.9 Å². The third-order valence-electron chi connectivity index (χ3n) is 1.88. The van der Waals surface area contributed by atoms with Gasteiger partial charge in [-0.25, -0.2) is 4.98 Å². The zero-order valence-corrected chi connectivity index (χ0v) is 9.27. The minimum atomic E-state index is -1.09. The lowest BCUT2D eigenvalue weighted by Crippen LogP contribution is -2.37. The molecule has 1 aromatic rings. The van der Waals surface area contributed by atoms with Gasteiger partial charge in [-0.05, 0) is 13.3 Å². The monoisotopic (exact) mass is 216 g/mol. The number of anilines is 1. The van der Waals surface area contributed by atoms with Crippen LogP contribution in [-0.2, 0) is 6.42 Å². The van der Waals surface area contributed by atoms with Gasteiger partial charge in [0.1, 0.15) is 5.60 Å². The van der Waals surface area contributed by atoms with E-state index in [9.17, 15) is 5.11 Å². The molecule has 0 aliphatic heterocycles. The molecule has 0 amide bonds. The molecular formula is C9H16N2O2S. The predicted octanol–water partition coefficient (Wildman–Crippen LogP) is 0.861. The molecule has 14 heavy (non-hydrogen) atoms. The van der Waals surface area contributed by atoms with Gasteiger partial charge in [0.25, 0.3) is 0 Å². The molecule has 5 heteroatoms. The molecule has 1 atom stereocenters. The highest BCUT2D eigenvalue weighted by molar-refractivity contribution is 7.13. The number of aliphatic hydroxyl groups excluding tert-OH is 1. The summed E-state index contributed by atoms with van der Waals surface area (Å²) in [7, 11) is 0. The largest absolute Gasteiger partial charge is 0.393 e. The first-order valence-corrected chi connectivity index (χ1v) is 5.47. The van der Waals surface area contributed by atoms with Crippen molar-refractivity contribution in [3.8, 4) is 0 Å². The van der Waals surface area contributed by atoms with Crippen LogP contribution in [0.2, 0.25) is 0 Å². The van der Waals surface area contributed by atoms with Gasteiger partial charge in [0.15, 0.2) is 5.13 Å². The normalized spacial score (nSPS) is 15.1. The van der Waals surface area contributed by atoms with Gasteiger partial charge in [0, 0.05) is 11.9 Å². The summed E-state index contributed by atoms with van der Waals surface area (Å²) < 4.78 is 0. The molecule has 0 aromatic carbocycles. The molecule has 80 valence electrons. The van der Waals surface area contributed by atoms with Gasteiger partial charge < -0.3 is 15.5 Å². The molecule has 1 rings (SSSR count). The van der Waals surface area contributed by atoms with E-state index < -0.39 is 5.60 Å². The van der Waals surface area contributed by atoms with E-state index >= 15 is 0 Å². The highest BCUT2D eigenvalue weighted by Crippen LogP contribution is 2.16. The van der Waals surface area contributed by atoms with Gasteiger partial charge >= 0.3 is 0 Å². The molecule has 0 bridgehead atoms. The van der Waals surface area contributed by atoms with E-state index in [2.05, 4.69) is 10.3 Å². The number of aromatic nitrogens is 1. The molecule has 0 fully saturated rings. The number of thiazole rings is 1. The lowest BCUT2D eigenvalue weighted by molar-refractivity contribution is 0.0132. The summed E-state index contributed by atoms with van der Waals surface area (Å²) >= 11 is 1.51. The lowest BCUT2D eigenvalue weighted by Gasteiger charge is -2.20. The van der Waals surface area contributed by atoms with Gasteiger partial charge in [0.2, 0.25) is 0 Å². The van der Waals surface area contributed by atoms with E-state index in [0.717, 1.165) is 17.2 Å². The number of rotatable bonds is 5. The molecule has 0 saturated carbocycles. The standard InChI is InChI=1S/C9H16N2O2S/c1-3-7-4-14-8(11-7)10-5-9(2,13)6-12/h4,12-13H,3,5-6H2,1-2H3,(H,10,11). The maximum absolute atomic E-state index is 9.51. The first kappa shape index (κ1) is 11.4. The second-order valence-corrected chi connectivity index (χ2v) is 4.36. The van der Waals surface area contributed by atoms with Crippen LogP contribution < -0.4 is 5.32 Å². The van der Waals surface area contributed by atoms with E-state index in [1.807, 2.05) is 12.3 Å². The Balaban J connectivity index is 2.45. The molecule has 0 aliphatic rings. The maximum atomic E-state index is 9.51. The van der Waals surface area contributed by atoms with Crippen molar-refractivity contribution >= 4 is 16.5 Å². The topological polar surface area (TPSA) is 65.4 Å². The minimum absolute atomic E-state index is 0.258. The average molecular weight is 216 g/mol. The Morgan fingerprint density at radius 2 is 2.36 bits per heavy atom. The minimum Gasteiger partial charge on any atom is -0.393 e. The zero-order valence-electron chi connectivity index (χ0n) is 8.45. The molecule has 0 spiro atoms. The molecular weight excluding hydrogens is 200 g/mol. The lowest BCUT2D eigenvalue weighted by atomic mass is 10.1. The second kappa shape index (κ2) is 4.72. The summed E-state index contributed by atoms with van der Waals surface area (Å²) in [4.78, 5) is 4.28. The van der Waals surface area contributed by atoms with Crippen LogP contribution in [0.15, 0.2) is 5.38 Å². The third-order valence-corrected chi connectivity index (χ3v) is 2.72. The highest BCUT2D eigenvalue weighted by atomic mass is 32.1. The molecule has 0 aliphatic carbocycles. The molecule has 1 heterocycles.